The number of fused-ring (bicyclic) bond motifs is 4. The van der Waals surface area contributed by atoms with E-state index in [2.05, 4.69) is 31.0 Å². The molecule has 0 spiro atoms. The van der Waals surface area contributed by atoms with Gasteiger partial charge in [-0.15, -0.1) is 29.0 Å². The van der Waals surface area contributed by atoms with E-state index < -0.39 is 23.5 Å². The first-order valence-corrected chi connectivity index (χ1v) is 17.6. The molecule has 2 aromatic carbocycles. The standard InChI is InChI=1S/C26H18F6NOS.C13H24O2.CH3.Ir/c1-12(2)6-15-9-14-4-5-33-22(24(14)35-15)18-8-13(3)7-17-16-10-19(25(27,28)29)20(26(30,31)32)11-21(16)34-23(17)18;1-5-10(6-2)12(14)9-13(15)11(7-3)8-4;;/h4-5,7,9-12H,6H2,1-3H3;9-11,14H,5-8H2,1-4H3;1H3;/q-1;;-1;/b;12-9-;;. The van der Waals surface area contributed by atoms with Crippen LogP contribution in [-0.2, 0) is 43.7 Å². The van der Waals surface area contributed by atoms with E-state index >= 15 is 0 Å². The van der Waals surface area contributed by atoms with Gasteiger partial charge in [-0.2, -0.15) is 26.3 Å². The molecule has 0 aliphatic heterocycles. The Morgan fingerprint density at radius 2 is 1.50 bits per heavy atom. The van der Waals surface area contributed by atoms with Crippen LogP contribution in [0.4, 0.5) is 26.3 Å². The normalized spacial score (nSPS) is 12.4. The summed E-state index contributed by atoms with van der Waals surface area (Å²) in [4.78, 5) is 17.4. The van der Waals surface area contributed by atoms with Gasteiger partial charge in [-0.25, -0.2) is 0 Å². The summed E-state index contributed by atoms with van der Waals surface area (Å²) in [6.45, 7) is 14.0. The van der Waals surface area contributed by atoms with Crippen molar-refractivity contribution in [3.63, 3.8) is 0 Å². The number of halogens is 6. The molecule has 12 heteroatoms. The van der Waals surface area contributed by atoms with Crippen molar-refractivity contribution in [2.24, 2.45) is 17.8 Å². The summed E-state index contributed by atoms with van der Waals surface area (Å²) in [6.07, 6.45) is -2.98. The molecule has 0 aliphatic rings. The Balaban J connectivity index is 0.000000472. The van der Waals surface area contributed by atoms with E-state index in [9.17, 15) is 36.2 Å². The van der Waals surface area contributed by atoms with E-state index in [-0.39, 0.29) is 72.8 Å². The van der Waals surface area contributed by atoms with Gasteiger partial charge < -0.3 is 21.9 Å². The van der Waals surface area contributed by atoms with Gasteiger partial charge in [0.1, 0.15) is 5.58 Å². The molecule has 0 fully saturated rings. The Labute approximate surface area is 319 Å². The third kappa shape index (κ3) is 10.1. The van der Waals surface area contributed by atoms with Gasteiger partial charge in [-0.05, 0) is 67.7 Å². The summed E-state index contributed by atoms with van der Waals surface area (Å²) in [5, 5.41) is 10.9. The number of carbonyl (C=O) groups is 1. The van der Waals surface area contributed by atoms with Crippen molar-refractivity contribution in [3.05, 3.63) is 83.4 Å². The molecule has 3 aromatic heterocycles. The van der Waals surface area contributed by atoms with Gasteiger partial charge in [0.15, 0.2) is 5.78 Å². The molecule has 4 nitrogen and oxygen atoms in total. The SMILES string of the molecule is CCC(CC)C(=O)/C=C(\O)C(CC)CC.Cc1[c-]c(-c2nccc3cc(CC(C)C)sc23)c2oc3cc(C(F)(F)F)c(C(F)(F)F)cc3c2c1.[CH3-].[Ir]. The number of benzene rings is 2. The van der Waals surface area contributed by atoms with Crippen LogP contribution in [0.3, 0.4) is 0 Å². The molecular formula is C40H45F6IrNO3S-2. The van der Waals surface area contributed by atoms with Gasteiger partial charge in [0.25, 0.3) is 0 Å². The van der Waals surface area contributed by atoms with Crippen molar-refractivity contribution < 1.29 is 60.8 Å². The molecule has 287 valence electrons. The summed E-state index contributed by atoms with van der Waals surface area (Å²) in [5.41, 5.74) is -2.12. The molecule has 5 rings (SSSR count). The first-order chi connectivity index (χ1) is 23.4. The minimum atomic E-state index is -5.19. The zero-order valence-corrected chi connectivity index (χ0v) is 33.7. The molecule has 0 atom stereocenters. The second kappa shape index (κ2) is 18.2. The summed E-state index contributed by atoms with van der Waals surface area (Å²) < 4.78 is 87.8. The number of aromatic nitrogens is 1. The van der Waals surface area contributed by atoms with Crippen molar-refractivity contribution in [1.82, 2.24) is 4.98 Å². The molecule has 0 aliphatic carbocycles. The van der Waals surface area contributed by atoms with E-state index in [0.29, 0.717) is 34.9 Å². The molecule has 1 N–H and O–H groups in total. The Morgan fingerprint density at radius 3 is 2.04 bits per heavy atom. The fourth-order valence-electron chi connectivity index (χ4n) is 6.11. The number of hydrogen-bond donors (Lipinski definition) is 1. The molecule has 5 aromatic rings. The van der Waals surface area contributed by atoms with Gasteiger partial charge in [-0.1, -0.05) is 59.4 Å². The maximum absolute atomic E-state index is 13.6. The Hall–Kier alpha value is -3.21. The monoisotopic (exact) mass is 926 g/mol. The van der Waals surface area contributed by atoms with E-state index in [1.807, 2.05) is 33.8 Å². The number of pyridine rings is 1. The van der Waals surface area contributed by atoms with E-state index in [1.165, 1.54) is 6.08 Å². The minimum absolute atomic E-state index is 0. The van der Waals surface area contributed by atoms with Crippen molar-refractivity contribution in [2.75, 3.05) is 0 Å². The first-order valence-electron chi connectivity index (χ1n) is 16.8. The van der Waals surface area contributed by atoms with Crippen molar-refractivity contribution in [2.45, 2.75) is 92.9 Å². The maximum Gasteiger partial charge on any atom is 0.417 e. The number of hydrogen-bond acceptors (Lipinski definition) is 5. The van der Waals surface area contributed by atoms with Gasteiger partial charge in [0.2, 0.25) is 0 Å². The molecule has 3 heterocycles. The minimum Gasteiger partial charge on any atom is -0.512 e. The number of rotatable bonds is 10. The number of furan rings is 1. The van der Waals surface area contributed by atoms with Crippen LogP contribution in [-0.4, -0.2) is 15.9 Å². The number of nitrogens with zero attached hydrogens (tertiary/aromatic N) is 1. The van der Waals surface area contributed by atoms with Gasteiger partial charge in [0.05, 0.1) is 22.5 Å². The zero-order valence-electron chi connectivity index (χ0n) is 30.5. The second-order valence-corrected chi connectivity index (χ2v) is 14.1. The van der Waals surface area contributed by atoms with Crippen molar-refractivity contribution in [1.29, 1.82) is 0 Å². The molecular weight excluding hydrogens is 881 g/mol. The Kier molecular flexibility index (Phi) is 15.7. The molecule has 0 amide bonds. The Morgan fingerprint density at radius 1 is 0.923 bits per heavy atom. The van der Waals surface area contributed by atoms with Crippen LogP contribution >= 0.6 is 11.3 Å². The van der Waals surface area contributed by atoms with Gasteiger partial charge in [0, 0.05) is 64.9 Å². The quantitative estimate of drug-likeness (QED) is 0.0656. The third-order valence-corrected chi connectivity index (χ3v) is 9.98. The molecule has 0 unspecified atom stereocenters. The van der Waals surface area contributed by atoms with Crippen LogP contribution in [0.5, 0.6) is 0 Å². The number of aryl methyl sites for hydroxylation is 1. The number of thiophene rings is 1. The summed E-state index contributed by atoms with van der Waals surface area (Å²) in [7, 11) is 0. The number of aliphatic hydroxyl groups is 1. The molecule has 0 bridgehead atoms. The maximum atomic E-state index is 13.6. The summed E-state index contributed by atoms with van der Waals surface area (Å²) in [5.74, 6) is 0.990. The average Bonchev–Trinajstić information content (AvgIpc) is 3.60. The largest absolute Gasteiger partial charge is 0.512 e. The van der Waals surface area contributed by atoms with Gasteiger partial charge >= 0.3 is 12.4 Å². The predicted octanol–water partition coefficient (Wildman–Crippen LogP) is 13.5. The topological polar surface area (TPSA) is 63.3 Å². The second-order valence-electron chi connectivity index (χ2n) is 12.9. The Bertz CT molecular complexity index is 2000. The zero-order chi connectivity index (χ0) is 37.1. The van der Waals surface area contributed by atoms with Crippen LogP contribution in [0.25, 0.3) is 43.3 Å². The van der Waals surface area contributed by atoms with Gasteiger partial charge in [-0.3, -0.25) is 4.79 Å². The average molecular weight is 926 g/mol. The van der Waals surface area contributed by atoms with Crippen molar-refractivity contribution in [3.8, 4) is 11.3 Å². The van der Waals surface area contributed by atoms with Crippen LogP contribution in [0, 0.1) is 38.2 Å². The number of allylic oxidation sites excluding steroid dienone is 2. The predicted molar refractivity (Wildman–Crippen MR) is 195 cm³/mol. The number of ketones is 1. The fourth-order valence-corrected chi connectivity index (χ4v) is 7.47. The molecule has 1 radical (unpaired) electrons. The van der Waals surface area contributed by atoms with E-state index in [0.717, 1.165) is 47.1 Å². The number of aliphatic hydroxyl groups excluding tert-OH is 1. The van der Waals surface area contributed by atoms with Crippen LogP contribution in [0.1, 0.15) is 88.8 Å². The fraction of sp³-hybridized carbons (Fsp3) is 0.425. The van der Waals surface area contributed by atoms with Crippen molar-refractivity contribution >= 4 is 49.1 Å². The van der Waals surface area contributed by atoms with E-state index in [4.69, 9.17) is 4.42 Å². The number of alkyl halides is 6. The van der Waals surface area contributed by atoms with Crippen LogP contribution < -0.4 is 0 Å². The van der Waals surface area contributed by atoms with Crippen LogP contribution in [0.2, 0.25) is 0 Å². The number of carbonyl (C=O) groups excluding carboxylic acids is 1. The summed E-state index contributed by atoms with van der Waals surface area (Å²) >= 11 is 1.56. The van der Waals surface area contributed by atoms with Crippen LogP contribution in [0.15, 0.2) is 52.8 Å². The molecule has 0 saturated carbocycles. The molecule has 0 saturated heterocycles. The van der Waals surface area contributed by atoms with E-state index in [1.54, 1.807) is 30.5 Å². The smallest absolute Gasteiger partial charge is 0.417 e. The third-order valence-electron chi connectivity index (χ3n) is 8.80. The molecule has 52 heavy (non-hydrogen) atoms. The first kappa shape index (κ1) is 44.9. The summed E-state index contributed by atoms with van der Waals surface area (Å²) in [6, 6.07) is 9.62.